The zero-order valence-electron chi connectivity index (χ0n) is 17.7. The van der Waals surface area contributed by atoms with Gasteiger partial charge >= 0.3 is 11.9 Å². The van der Waals surface area contributed by atoms with Gasteiger partial charge in [-0.3, -0.25) is 14.4 Å². The molecule has 8 atom stereocenters. The van der Waals surface area contributed by atoms with Gasteiger partial charge in [-0.05, 0) is 74.0 Å². The minimum atomic E-state index is -0.554. The van der Waals surface area contributed by atoms with Gasteiger partial charge in [-0.25, -0.2) is 0 Å². The molecular weight excluding hydrogens is 356 g/mol. The second-order valence-electron chi connectivity index (χ2n) is 10.4. The summed E-state index contributed by atoms with van der Waals surface area (Å²) < 4.78 is 11.1. The number of ether oxygens (including phenoxy) is 2. The summed E-state index contributed by atoms with van der Waals surface area (Å²) >= 11 is 0. The SMILES string of the molecule is CC(=O)OC1CCC2(C)C(CCC3C2CCC2(C)C(OC(C)=O)C(=O)CC32)C1. The Morgan fingerprint density at radius 1 is 0.893 bits per heavy atom. The summed E-state index contributed by atoms with van der Waals surface area (Å²) in [6.07, 6.45) is 7.46. The van der Waals surface area contributed by atoms with Gasteiger partial charge in [0.25, 0.3) is 0 Å². The molecule has 5 heteroatoms. The number of Topliss-reactive ketones (excluding diaryl/α,β-unsaturated/α-hetero) is 1. The fraction of sp³-hybridized carbons (Fsp3) is 0.870. The number of esters is 2. The molecule has 0 N–H and O–H groups in total. The average Bonchev–Trinajstić information content (AvgIpc) is 2.85. The van der Waals surface area contributed by atoms with E-state index in [0.29, 0.717) is 30.1 Å². The van der Waals surface area contributed by atoms with Crippen molar-refractivity contribution in [1.82, 2.24) is 0 Å². The van der Waals surface area contributed by atoms with E-state index in [9.17, 15) is 14.4 Å². The first-order valence-corrected chi connectivity index (χ1v) is 11.0. The zero-order chi connectivity index (χ0) is 20.3. The first kappa shape index (κ1) is 19.9. The largest absolute Gasteiger partial charge is 0.463 e. The first-order valence-electron chi connectivity index (χ1n) is 11.0. The molecule has 0 aromatic rings. The fourth-order valence-corrected chi connectivity index (χ4v) is 7.68. The summed E-state index contributed by atoms with van der Waals surface area (Å²) in [5, 5.41) is 0. The molecule has 4 fully saturated rings. The molecule has 4 aliphatic rings. The molecule has 8 unspecified atom stereocenters. The number of carbonyl (C=O) groups excluding carboxylic acids is 3. The van der Waals surface area contributed by atoms with E-state index < -0.39 is 6.10 Å². The van der Waals surface area contributed by atoms with Crippen LogP contribution in [0.2, 0.25) is 0 Å². The number of fused-ring (bicyclic) bond motifs is 5. The zero-order valence-corrected chi connectivity index (χ0v) is 17.7. The Kier molecular flexibility index (Phi) is 4.86. The molecule has 4 saturated carbocycles. The van der Waals surface area contributed by atoms with E-state index in [0.717, 1.165) is 44.9 Å². The van der Waals surface area contributed by atoms with Gasteiger partial charge in [0.2, 0.25) is 0 Å². The number of hydrogen-bond donors (Lipinski definition) is 0. The van der Waals surface area contributed by atoms with Crippen molar-refractivity contribution in [3.05, 3.63) is 0 Å². The highest BCUT2D eigenvalue weighted by atomic mass is 16.5. The molecule has 0 bridgehead atoms. The highest BCUT2D eigenvalue weighted by Crippen LogP contribution is 2.66. The molecule has 0 amide bonds. The molecular formula is C23H34O5. The van der Waals surface area contributed by atoms with Crippen LogP contribution in [0.4, 0.5) is 0 Å². The van der Waals surface area contributed by atoms with Crippen LogP contribution in [0, 0.1) is 34.5 Å². The van der Waals surface area contributed by atoms with Crippen molar-refractivity contribution < 1.29 is 23.9 Å². The summed E-state index contributed by atoms with van der Waals surface area (Å²) in [5.74, 6) is 1.68. The van der Waals surface area contributed by atoms with Crippen molar-refractivity contribution in [1.29, 1.82) is 0 Å². The summed E-state index contributed by atoms with van der Waals surface area (Å²) in [6.45, 7) is 7.53. The molecule has 156 valence electrons. The summed E-state index contributed by atoms with van der Waals surface area (Å²) in [6, 6.07) is 0. The average molecular weight is 391 g/mol. The summed E-state index contributed by atoms with van der Waals surface area (Å²) in [4.78, 5) is 35.7. The quantitative estimate of drug-likeness (QED) is 0.665. The van der Waals surface area contributed by atoms with Crippen LogP contribution < -0.4 is 0 Å². The van der Waals surface area contributed by atoms with Crippen LogP contribution in [0.5, 0.6) is 0 Å². The third kappa shape index (κ3) is 3.00. The van der Waals surface area contributed by atoms with Crippen molar-refractivity contribution in [3.63, 3.8) is 0 Å². The van der Waals surface area contributed by atoms with Gasteiger partial charge in [0.05, 0.1) is 0 Å². The molecule has 4 aliphatic carbocycles. The third-order valence-corrected chi connectivity index (χ3v) is 8.98. The molecule has 0 aromatic heterocycles. The van der Waals surface area contributed by atoms with Crippen molar-refractivity contribution in [2.75, 3.05) is 0 Å². The Bertz CT molecular complexity index is 686. The van der Waals surface area contributed by atoms with Gasteiger partial charge in [0.1, 0.15) is 6.10 Å². The maximum Gasteiger partial charge on any atom is 0.303 e. The van der Waals surface area contributed by atoms with Gasteiger partial charge in [0, 0.05) is 25.7 Å². The Hall–Kier alpha value is -1.39. The van der Waals surface area contributed by atoms with Gasteiger partial charge < -0.3 is 9.47 Å². The standard InChI is InChI=1S/C23H34O5/c1-13(24)27-16-7-9-22(3)15(11-16)5-6-17-18(22)8-10-23(4)19(17)12-20(26)21(23)28-14(2)25/h15-19,21H,5-12H2,1-4H3. The summed E-state index contributed by atoms with van der Waals surface area (Å²) in [7, 11) is 0. The van der Waals surface area contributed by atoms with Crippen molar-refractivity contribution >= 4 is 17.7 Å². The van der Waals surface area contributed by atoms with Crippen LogP contribution in [0.15, 0.2) is 0 Å². The Morgan fingerprint density at radius 3 is 2.25 bits per heavy atom. The number of carbonyl (C=O) groups is 3. The maximum absolute atomic E-state index is 12.7. The molecule has 5 nitrogen and oxygen atoms in total. The molecule has 4 rings (SSSR count). The lowest BCUT2D eigenvalue weighted by Crippen LogP contribution is -2.55. The normalized spacial score (nSPS) is 47.5. The van der Waals surface area contributed by atoms with Gasteiger partial charge in [-0.2, -0.15) is 0 Å². The second kappa shape index (κ2) is 6.84. The van der Waals surface area contributed by atoms with Crippen LogP contribution >= 0.6 is 0 Å². The lowest BCUT2D eigenvalue weighted by atomic mass is 9.45. The Morgan fingerprint density at radius 2 is 1.57 bits per heavy atom. The maximum atomic E-state index is 12.7. The smallest absolute Gasteiger partial charge is 0.303 e. The molecule has 0 aliphatic heterocycles. The van der Waals surface area contributed by atoms with Gasteiger partial charge in [-0.15, -0.1) is 0 Å². The van der Waals surface area contributed by atoms with Crippen LogP contribution in [0.3, 0.4) is 0 Å². The van der Waals surface area contributed by atoms with E-state index in [-0.39, 0.29) is 34.7 Å². The predicted octanol–water partition coefficient (Wildman–Crippen LogP) is 4.07. The Balaban J connectivity index is 1.54. The van der Waals surface area contributed by atoms with Crippen molar-refractivity contribution in [2.45, 2.75) is 91.3 Å². The van der Waals surface area contributed by atoms with Crippen LogP contribution in [0.25, 0.3) is 0 Å². The van der Waals surface area contributed by atoms with Crippen molar-refractivity contribution in [3.8, 4) is 0 Å². The topological polar surface area (TPSA) is 69.7 Å². The molecule has 0 spiro atoms. The van der Waals surface area contributed by atoms with E-state index in [1.54, 1.807) is 0 Å². The van der Waals surface area contributed by atoms with Crippen LogP contribution in [0.1, 0.15) is 79.1 Å². The van der Waals surface area contributed by atoms with Crippen LogP contribution in [-0.2, 0) is 23.9 Å². The highest BCUT2D eigenvalue weighted by Gasteiger charge is 2.63. The molecule has 0 heterocycles. The first-order chi connectivity index (χ1) is 13.1. The van der Waals surface area contributed by atoms with E-state index in [1.165, 1.54) is 13.8 Å². The highest BCUT2D eigenvalue weighted by molar-refractivity contribution is 5.89. The lowest BCUT2D eigenvalue weighted by Gasteiger charge is -2.60. The van der Waals surface area contributed by atoms with E-state index in [4.69, 9.17) is 9.47 Å². The van der Waals surface area contributed by atoms with Crippen molar-refractivity contribution in [2.24, 2.45) is 34.5 Å². The third-order valence-electron chi connectivity index (χ3n) is 8.98. The van der Waals surface area contributed by atoms with E-state index in [2.05, 4.69) is 13.8 Å². The molecule has 0 radical (unpaired) electrons. The fourth-order valence-electron chi connectivity index (χ4n) is 7.68. The number of hydrogen-bond acceptors (Lipinski definition) is 5. The second-order valence-corrected chi connectivity index (χ2v) is 10.4. The molecule has 0 saturated heterocycles. The van der Waals surface area contributed by atoms with Gasteiger partial charge in [-0.1, -0.05) is 13.8 Å². The predicted molar refractivity (Wildman–Crippen MR) is 103 cm³/mol. The van der Waals surface area contributed by atoms with Crippen LogP contribution in [-0.4, -0.2) is 29.9 Å². The number of rotatable bonds is 2. The van der Waals surface area contributed by atoms with E-state index >= 15 is 0 Å². The van der Waals surface area contributed by atoms with E-state index in [1.807, 2.05) is 0 Å². The minimum Gasteiger partial charge on any atom is -0.463 e. The monoisotopic (exact) mass is 390 g/mol. The minimum absolute atomic E-state index is 0.0717. The Labute approximate surface area is 167 Å². The number of ketones is 1. The molecule has 0 aromatic carbocycles. The lowest BCUT2D eigenvalue weighted by molar-refractivity contribution is -0.169. The van der Waals surface area contributed by atoms with Gasteiger partial charge in [0.15, 0.2) is 11.9 Å². The summed E-state index contributed by atoms with van der Waals surface area (Å²) in [5.41, 5.74) is 0.0610. The molecule has 28 heavy (non-hydrogen) atoms.